The number of hydrogen-bond donors (Lipinski definition) is 1. The molecule has 0 atom stereocenters. The van der Waals surface area contributed by atoms with Crippen LogP contribution in [-0.4, -0.2) is 28.8 Å². The lowest BCUT2D eigenvalue weighted by atomic mass is 9.92. The zero-order valence-corrected chi connectivity index (χ0v) is 11.0. The van der Waals surface area contributed by atoms with Crippen molar-refractivity contribution < 1.29 is 4.79 Å². The van der Waals surface area contributed by atoms with E-state index in [1.165, 1.54) is 23.1 Å². The second kappa shape index (κ2) is 4.94. The first-order chi connectivity index (χ1) is 6.93. The van der Waals surface area contributed by atoms with Gasteiger partial charge in [0.2, 0.25) is 5.13 Å². The Bertz CT molecular complexity index is 343. The number of carbonyl (C=O) groups excluding carboxylic acids is 1. The molecule has 0 saturated carbocycles. The summed E-state index contributed by atoms with van der Waals surface area (Å²) in [4.78, 5) is 11.6. The fraction of sp³-hybridized carbons (Fsp3) is 0.667. The quantitative estimate of drug-likeness (QED) is 0.825. The molecule has 0 spiro atoms. The van der Waals surface area contributed by atoms with Crippen molar-refractivity contribution >= 4 is 34.0 Å². The first kappa shape index (κ1) is 12.4. The van der Waals surface area contributed by atoms with Gasteiger partial charge in [-0.3, -0.25) is 4.79 Å². The summed E-state index contributed by atoms with van der Waals surface area (Å²) in [6.45, 7) is 5.78. The normalized spacial score (nSPS) is 11.5. The molecule has 1 heterocycles. The second-order valence-corrected chi connectivity index (χ2v) is 6.28. The molecule has 0 radical (unpaired) electrons. The molecule has 15 heavy (non-hydrogen) atoms. The second-order valence-electron chi connectivity index (χ2n) is 4.08. The van der Waals surface area contributed by atoms with E-state index in [-0.39, 0.29) is 11.2 Å². The molecule has 0 amide bonds. The van der Waals surface area contributed by atoms with Gasteiger partial charge >= 0.3 is 0 Å². The van der Waals surface area contributed by atoms with Gasteiger partial charge in [-0.2, -0.15) is 0 Å². The number of aromatic nitrogens is 2. The standard InChI is InChI=1S/C9H15N3OS2/c1-9(2,3)6(13)5-14-8-12-11-7(10-4)15-8/h5H2,1-4H3,(H,10,11). The molecule has 84 valence electrons. The maximum Gasteiger partial charge on any atom is 0.206 e. The summed E-state index contributed by atoms with van der Waals surface area (Å²) in [5.74, 6) is 0.690. The Morgan fingerprint density at radius 3 is 2.60 bits per heavy atom. The Morgan fingerprint density at radius 1 is 1.47 bits per heavy atom. The fourth-order valence-electron chi connectivity index (χ4n) is 0.713. The molecule has 0 bridgehead atoms. The summed E-state index contributed by atoms with van der Waals surface area (Å²) in [7, 11) is 1.80. The number of hydrogen-bond acceptors (Lipinski definition) is 6. The molecule has 4 nitrogen and oxygen atoms in total. The number of thioether (sulfide) groups is 1. The van der Waals surface area contributed by atoms with Gasteiger partial charge in [-0.15, -0.1) is 10.2 Å². The van der Waals surface area contributed by atoms with E-state index < -0.39 is 0 Å². The average molecular weight is 245 g/mol. The Kier molecular flexibility index (Phi) is 4.10. The van der Waals surface area contributed by atoms with Crippen LogP contribution in [0, 0.1) is 5.41 Å². The molecule has 1 N–H and O–H groups in total. The van der Waals surface area contributed by atoms with Crippen LogP contribution < -0.4 is 5.32 Å². The predicted molar refractivity (Wildman–Crippen MR) is 64.6 cm³/mol. The van der Waals surface area contributed by atoms with Crippen molar-refractivity contribution in [1.82, 2.24) is 10.2 Å². The topological polar surface area (TPSA) is 54.9 Å². The molecule has 1 aromatic rings. The van der Waals surface area contributed by atoms with Gasteiger partial charge in [-0.05, 0) is 0 Å². The fourth-order valence-corrected chi connectivity index (χ4v) is 2.58. The van der Waals surface area contributed by atoms with E-state index in [1.54, 1.807) is 7.05 Å². The number of nitrogens with one attached hydrogen (secondary N) is 1. The van der Waals surface area contributed by atoms with Gasteiger partial charge in [0.1, 0.15) is 5.78 Å². The smallest absolute Gasteiger partial charge is 0.206 e. The van der Waals surface area contributed by atoms with Crippen molar-refractivity contribution in [3.63, 3.8) is 0 Å². The molecular formula is C9H15N3OS2. The molecule has 0 aliphatic heterocycles. The van der Waals surface area contributed by atoms with Crippen LogP contribution >= 0.6 is 23.1 Å². The predicted octanol–water partition coefficient (Wildman–Crippen LogP) is 2.29. The van der Waals surface area contributed by atoms with Crippen LogP contribution in [0.15, 0.2) is 4.34 Å². The number of Topliss-reactive ketones (excluding diaryl/α,β-unsaturated/α-hetero) is 1. The summed E-state index contributed by atoms with van der Waals surface area (Å²) in [6.07, 6.45) is 0. The zero-order valence-electron chi connectivity index (χ0n) is 9.33. The van der Waals surface area contributed by atoms with Crippen LogP contribution in [-0.2, 0) is 4.79 Å². The molecule has 6 heteroatoms. The van der Waals surface area contributed by atoms with Gasteiger partial charge in [0.05, 0.1) is 5.75 Å². The average Bonchev–Trinajstić information content (AvgIpc) is 2.60. The molecule has 0 aromatic carbocycles. The summed E-state index contributed by atoms with van der Waals surface area (Å²) < 4.78 is 0.831. The Hall–Kier alpha value is -0.620. The summed E-state index contributed by atoms with van der Waals surface area (Å²) >= 11 is 2.91. The minimum atomic E-state index is -0.274. The molecule has 0 aliphatic rings. The van der Waals surface area contributed by atoms with E-state index in [9.17, 15) is 4.79 Å². The van der Waals surface area contributed by atoms with E-state index in [1.807, 2.05) is 20.8 Å². The van der Waals surface area contributed by atoms with Crippen molar-refractivity contribution in [2.45, 2.75) is 25.1 Å². The van der Waals surface area contributed by atoms with Crippen molar-refractivity contribution in [2.75, 3.05) is 18.1 Å². The number of ketones is 1. The maximum absolute atomic E-state index is 11.6. The van der Waals surface area contributed by atoms with E-state index in [4.69, 9.17) is 0 Å². The third kappa shape index (κ3) is 3.79. The van der Waals surface area contributed by atoms with Crippen molar-refractivity contribution in [3.8, 4) is 0 Å². The Morgan fingerprint density at radius 2 is 2.13 bits per heavy atom. The van der Waals surface area contributed by atoms with Gasteiger partial charge in [-0.1, -0.05) is 43.9 Å². The Labute approximate surface area is 97.9 Å². The van der Waals surface area contributed by atoms with Crippen molar-refractivity contribution in [3.05, 3.63) is 0 Å². The van der Waals surface area contributed by atoms with Crippen LogP contribution in [0.2, 0.25) is 0 Å². The van der Waals surface area contributed by atoms with Crippen LogP contribution in [0.5, 0.6) is 0 Å². The van der Waals surface area contributed by atoms with Crippen molar-refractivity contribution in [1.29, 1.82) is 0 Å². The summed E-state index contributed by atoms with van der Waals surface area (Å²) in [6, 6.07) is 0. The van der Waals surface area contributed by atoms with Crippen LogP contribution in [0.25, 0.3) is 0 Å². The molecule has 0 saturated heterocycles. The van der Waals surface area contributed by atoms with Crippen LogP contribution in [0.3, 0.4) is 0 Å². The van der Waals surface area contributed by atoms with E-state index in [2.05, 4.69) is 15.5 Å². The number of anilines is 1. The third-order valence-corrected chi connectivity index (χ3v) is 3.86. The zero-order chi connectivity index (χ0) is 11.5. The largest absolute Gasteiger partial charge is 0.363 e. The van der Waals surface area contributed by atoms with Crippen LogP contribution in [0.1, 0.15) is 20.8 Å². The third-order valence-electron chi connectivity index (χ3n) is 1.78. The van der Waals surface area contributed by atoms with Gasteiger partial charge in [0.25, 0.3) is 0 Å². The monoisotopic (exact) mass is 245 g/mol. The molecule has 0 aliphatic carbocycles. The van der Waals surface area contributed by atoms with Gasteiger partial charge in [-0.25, -0.2) is 0 Å². The summed E-state index contributed by atoms with van der Waals surface area (Å²) in [5.41, 5.74) is -0.274. The molecule has 0 fully saturated rings. The molecule has 0 unspecified atom stereocenters. The van der Waals surface area contributed by atoms with Crippen LogP contribution in [0.4, 0.5) is 5.13 Å². The summed E-state index contributed by atoms with van der Waals surface area (Å²) in [5, 5.41) is 11.5. The first-order valence-corrected chi connectivity index (χ1v) is 6.41. The number of nitrogens with zero attached hydrogens (tertiary/aromatic N) is 2. The first-order valence-electron chi connectivity index (χ1n) is 4.61. The minimum absolute atomic E-state index is 0.230. The van der Waals surface area contributed by atoms with E-state index in [0.717, 1.165) is 9.47 Å². The molecule has 1 aromatic heterocycles. The molecular weight excluding hydrogens is 230 g/mol. The van der Waals surface area contributed by atoms with Gasteiger partial charge in [0.15, 0.2) is 4.34 Å². The Balaban J connectivity index is 2.47. The van der Waals surface area contributed by atoms with Gasteiger partial charge in [0, 0.05) is 12.5 Å². The van der Waals surface area contributed by atoms with E-state index in [0.29, 0.717) is 5.75 Å². The number of carbonyl (C=O) groups is 1. The number of rotatable bonds is 4. The highest BCUT2D eigenvalue weighted by atomic mass is 32.2. The van der Waals surface area contributed by atoms with Gasteiger partial charge < -0.3 is 5.32 Å². The van der Waals surface area contributed by atoms with Crippen molar-refractivity contribution in [2.24, 2.45) is 5.41 Å². The lowest BCUT2D eigenvalue weighted by Gasteiger charge is -2.15. The lowest BCUT2D eigenvalue weighted by molar-refractivity contribution is -0.123. The highest BCUT2D eigenvalue weighted by molar-refractivity contribution is 8.01. The lowest BCUT2D eigenvalue weighted by Crippen LogP contribution is -2.21. The highest BCUT2D eigenvalue weighted by Gasteiger charge is 2.21. The van der Waals surface area contributed by atoms with E-state index >= 15 is 0 Å². The minimum Gasteiger partial charge on any atom is -0.363 e. The maximum atomic E-state index is 11.6. The molecule has 1 rings (SSSR count). The SMILES string of the molecule is CNc1nnc(SCC(=O)C(C)(C)C)s1. The highest BCUT2D eigenvalue weighted by Crippen LogP contribution is 2.27.